The third kappa shape index (κ3) is 5.22. The molecule has 4 nitrogen and oxygen atoms in total. The molecular formula is C14H29NO3. The van der Waals surface area contributed by atoms with E-state index in [9.17, 15) is 5.11 Å². The quantitative estimate of drug-likeness (QED) is 0.587. The minimum atomic E-state index is -0.109. The predicted octanol–water partition coefficient (Wildman–Crippen LogP) is 1.71. The van der Waals surface area contributed by atoms with E-state index in [0.717, 1.165) is 38.8 Å². The van der Waals surface area contributed by atoms with Crippen LogP contribution in [0.15, 0.2) is 0 Å². The van der Waals surface area contributed by atoms with Crippen LogP contribution in [0.3, 0.4) is 0 Å². The summed E-state index contributed by atoms with van der Waals surface area (Å²) in [6.07, 6.45) is 5.50. The largest absolute Gasteiger partial charge is 0.394 e. The number of hydrogen-bond donors (Lipinski definition) is 2. The van der Waals surface area contributed by atoms with E-state index in [0.29, 0.717) is 13.2 Å². The number of nitrogens with one attached hydrogen (secondary N) is 1. The van der Waals surface area contributed by atoms with E-state index in [1.807, 2.05) is 0 Å². The molecule has 0 saturated heterocycles. The van der Waals surface area contributed by atoms with Gasteiger partial charge in [0.05, 0.1) is 25.9 Å². The molecule has 0 spiro atoms. The molecule has 0 aromatic rings. The fourth-order valence-electron chi connectivity index (χ4n) is 2.58. The number of unbranched alkanes of at least 4 members (excludes halogenated alkanes) is 1. The van der Waals surface area contributed by atoms with E-state index in [2.05, 4.69) is 19.2 Å². The van der Waals surface area contributed by atoms with Crippen LogP contribution in [0, 0.1) is 0 Å². The fraction of sp³-hybridized carbons (Fsp3) is 1.00. The van der Waals surface area contributed by atoms with Gasteiger partial charge in [-0.25, -0.2) is 0 Å². The van der Waals surface area contributed by atoms with E-state index in [1.54, 1.807) is 0 Å². The third-order valence-corrected chi connectivity index (χ3v) is 3.64. The van der Waals surface area contributed by atoms with Crippen LogP contribution in [0.1, 0.15) is 46.0 Å². The Labute approximate surface area is 111 Å². The van der Waals surface area contributed by atoms with Crippen LogP contribution in [0.2, 0.25) is 0 Å². The lowest BCUT2D eigenvalue weighted by molar-refractivity contribution is 0.00225. The van der Waals surface area contributed by atoms with Crippen molar-refractivity contribution in [1.82, 2.24) is 5.32 Å². The summed E-state index contributed by atoms with van der Waals surface area (Å²) < 4.78 is 11.3. The van der Waals surface area contributed by atoms with Crippen molar-refractivity contribution in [2.75, 3.05) is 33.0 Å². The van der Waals surface area contributed by atoms with Crippen molar-refractivity contribution in [2.24, 2.45) is 0 Å². The van der Waals surface area contributed by atoms with Crippen molar-refractivity contribution >= 4 is 0 Å². The van der Waals surface area contributed by atoms with Crippen LogP contribution < -0.4 is 5.32 Å². The van der Waals surface area contributed by atoms with Crippen molar-refractivity contribution in [3.8, 4) is 0 Å². The minimum absolute atomic E-state index is 0.109. The predicted molar refractivity (Wildman–Crippen MR) is 72.8 cm³/mol. The number of rotatable bonds is 10. The second kappa shape index (κ2) is 8.86. The van der Waals surface area contributed by atoms with Crippen LogP contribution in [0.5, 0.6) is 0 Å². The third-order valence-electron chi connectivity index (χ3n) is 3.64. The van der Waals surface area contributed by atoms with Crippen LogP contribution >= 0.6 is 0 Å². The molecule has 1 rings (SSSR count). The van der Waals surface area contributed by atoms with E-state index < -0.39 is 0 Å². The zero-order valence-electron chi connectivity index (χ0n) is 11.9. The lowest BCUT2D eigenvalue weighted by Crippen LogP contribution is -2.46. The molecule has 2 atom stereocenters. The van der Waals surface area contributed by atoms with E-state index in [1.165, 1.54) is 6.42 Å². The Hall–Kier alpha value is -0.160. The molecule has 0 heterocycles. The van der Waals surface area contributed by atoms with Gasteiger partial charge in [-0.1, -0.05) is 20.3 Å². The number of likely N-dealkylation sites (N-methyl/N-ethyl adjacent to an activating group) is 1. The molecule has 0 bridgehead atoms. The molecule has 1 fully saturated rings. The molecule has 108 valence electrons. The van der Waals surface area contributed by atoms with Crippen LogP contribution in [0.25, 0.3) is 0 Å². The highest BCUT2D eigenvalue weighted by molar-refractivity contribution is 4.96. The summed E-state index contributed by atoms with van der Waals surface area (Å²) in [5.74, 6) is 0. The number of ether oxygens (including phenoxy) is 2. The summed E-state index contributed by atoms with van der Waals surface area (Å²) in [6.45, 7) is 7.52. The SMILES string of the molecule is CCCCOCCOC1CCC(CO)(NCC)C1. The van der Waals surface area contributed by atoms with Gasteiger partial charge in [-0.3, -0.25) is 0 Å². The van der Waals surface area contributed by atoms with Gasteiger partial charge in [-0.2, -0.15) is 0 Å². The minimum Gasteiger partial charge on any atom is -0.394 e. The monoisotopic (exact) mass is 259 g/mol. The highest BCUT2D eigenvalue weighted by atomic mass is 16.5. The normalized spacial score (nSPS) is 27.8. The Bertz CT molecular complexity index is 213. The first-order chi connectivity index (χ1) is 8.76. The first-order valence-corrected chi connectivity index (χ1v) is 7.31. The topological polar surface area (TPSA) is 50.7 Å². The van der Waals surface area contributed by atoms with Crippen LogP contribution in [-0.4, -0.2) is 49.7 Å². The summed E-state index contributed by atoms with van der Waals surface area (Å²) in [4.78, 5) is 0. The maximum atomic E-state index is 9.49. The molecular weight excluding hydrogens is 230 g/mol. The van der Waals surface area contributed by atoms with Gasteiger partial charge in [0.25, 0.3) is 0 Å². The number of aliphatic hydroxyl groups is 1. The molecule has 0 amide bonds. The molecule has 0 aliphatic heterocycles. The zero-order valence-corrected chi connectivity index (χ0v) is 11.9. The lowest BCUT2D eigenvalue weighted by atomic mass is 9.99. The Morgan fingerprint density at radius 2 is 2.11 bits per heavy atom. The highest BCUT2D eigenvalue weighted by Crippen LogP contribution is 2.31. The molecule has 2 N–H and O–H groups in total. The van der Waals surface area contributed by atoms with E-state index >= 15 is 0 Å². The molecule has 1 aliphatic rings. The first-order valence-electron chi connectivity index (χ1n) is 7.31. The van der Waals surface area contributed by atoms with Crippen molar-refractivity contribution in [3.05, 3.63) is 0 Å². The van der Waals surface area contributed by atoms with Gasteiger partial charge in [0.2, 0.25) is 0 Å². The zero-order chi connectivity index (χ0) is 13.3. The van der Waals surface area contributed by atoms with Gasteiger partial charge < -0.3 is 19.9 Å². The van der Waals surface area contributed by atoms with Crippen LogP contribution in [-0.2, 0) is 9.47 Å². The van der Waals surface area contributed by atoms with Gasteiger partial charge in [-0.05, 0) is 32.2 Å². The van der Waals surface area contributed by atoms with Gasteiger partial charge in [-0.15, -0.1) is 0 Å². The Morgan fingerprint density at radius 1 is 1.28 bits per heavy atom. The Morgan fingerprint density at radius 3 is 2.78 bits per heavy atom. The number of aliphatic hydroxyl groups excluding tert-OH is 1. The molecule has 0 aromatic heterocycles. The summed E-state index contributed by atoms with van der Waals surface area (Å²) >= 11 is 0. The molecule has 1 saturated carbocycles. The van der Waals surface area contributed by atoms with Crippen LogP contribution in [0.4, 0.5) is 0 Å². The molecule has 4 heteroatoms. The van der Waals surface area contributed by atoms with Gasteiger partial charge in [0, 0.05) is 12.1 Å². The average molecular weight is 259 g/mol. The Balaban J connectivity index is 2.10. The number of hydrogen-bond acceptors (Lipinski definition) is 4. The lowest BCUT2D eigenvalue weighted by Gasteiger charge is -2.27. The second-order valence-electron chi connectivity index (χ2n) is 5.17. The van der Waals surface area contributed by atoms with E-state index in [-0.39, 0.29) is 18.2 Å². The molecule has 0 radical (unpaired) electrons. The van der Waals surface area contributed by atoms with Crippen molar-refractivity contribution in [2.45, 2.75) is 57.6 Å². The molecule has 0 aromatic carbocycles. The van der Waals surface area contributed by atoms with Gasteiger partial charge in [0.1, 0.15) is 0 Å². The summed E-state index contributed by atoms with van der Waals surface area (Å²) in [5.41, 5.74) is -0.109. The van der Waals surface area contributed by atoms with Crippen molar-refractivity contribution < 1.29 is 14.6 Å². The molecule has 18 heavy (non-hydrogen) atoms. The molecule has 1 aliphatic carbocycles. The summed E-state index contributed by atoms with van der Waals surface area (Å²) in [6, 6.07) is 0. The van der Waals surface area contributed by atoms with Gasteiger partial charge in [0.15, 0.2) is 0 Å². The second-order valence-corrected chi connectivity index (χ2v) is 5.17. The maximum Gasteiger partial charge on any atom is 0.0704 e. The smallest absolute Gasteiger partial charge is 0.0704 e. The highest BCUT2D eigenvalue weighted by Gasteiger charge is 2.38. The average Bonchev–Trinajstić information content (AvgIpc) is 2.78. The fourth-order valence-corrected chi connectivity index (χ4v) is 2.58. The standard InChI is InChI=1S/C14H29NO3/c1-3-5-8-17-9-10-18-13-6-7-14(11-13,12-16)15-4-2/h13,15-16H,3-12H2,1-2H3. The van der Waals surface area contributed by atoms with E-state index in [4.69, 9.17) is 9.47 Å². The van der Waals surface area contributed by atoms with Crippen molar-refractivity contribution in [3.63, 3.8) is 0 Å². The molecule has 2 unspecified atom stereocenters. The Kier molecular flexibility index (Phi) is 7.82. The maximum absolute atomic E-state index is 9.49. The summed E-state index contributed by atoms with van der Waals surface area (Å²) in [5, 5.41) is 12.9. The van der Waals surface area contributed by atoms with Crippen molar-refractivity contribution in [1.29, 1.82) is 0 Å². The first kappa shape index (κ1) is 15.9. The summed E-state index contributed by atoms with van der Waals surface area (Å²) in [7, 11) is 0. The van der Waals surface area contributed by atoms with Gasteiger partial charge >= 0.3 is 0 Å².